The standard InChI is InChI=1S/C24H37N5S.HI/c1-6-25-23(26-15-22-28-21(17-30-22)24(3,4)5)27-20-11-13-29(14-12-20)16-19-10-8-7-9-18(19)2;/h7-10,17,20H,6,11-16H2,1-5H3,(H2,25,26,27);1H. The number of piperidine rings is 1. The van der Waals surface area contributed by atoms with E-state index in [0.717, 1.165) is 55.7 Å². The molecule has 0 radical (unpaired) electrons. The number of thiazole rings is 1. The van der Waals surface area contributed by atoms with Crippen molar-refractivity contribution in [3.8, 4) is 0 Å². The fourth-order valence-corrected chi connectivity index (χ4v) is 4.60. The van der Waals surface area contributed by atoms with Crippen LogP contribution in [0.3, 0.4) is 0 Å². The molecular weight excluding hydrogens is 517 g/mol. The van der Waals surface area contributed by atoms with Crippen molar-refractivity contribution >= 4 is 41.3 Å². The molecule has 0 aliphatic carbocycles. The molecule has 2 N–H and O–H groups in total. The number of nitrogens with zero attached hydrogens (tertiary/aromatic N) is 3. The molecule has 0 unspecified atom stereocenters. The van der Waals surface area contributed by atoms with Gasteiger partial charge in [0.15, 0.2) is 5.96 Å². The van der Waals surface area contributed by atoms with Crippen molar-refractivity contribution in [2.24, 2.45) is 4.99 Å². The number of rotatable bonds is 6. The first-order valence-electron chi connectivity index (χ1n) is 11.1. The SMILES string of the molecule is CCNC(=NCc1nc(C(C)(C)C)cs1)NC1CCN(Cc2ccccc2C)CC1.I. The van der Waals surface area contributed by atoms with Crippen LogP contribution in [0.4, 0.5) is 0 Å². The first-order valence-corrected chi connectivity index (χ1v) is 12.0. The molecule has 2 aromatic rings. The third-order valence-electron chi connectivity index (χ3n) is 5.62. The zero-order valence-electron chi connectivity index (χ0n) is 19.6. The van der Waals surface area contributed by atoms with E-state index in [4.69, 9.17) is 9.98 Å². The molecule has 172 valence electrons. The van der Waals surface area contributed by atoms with Crippen LogP contribution in [0.15, 0.2) is 34.6 Å². The van der Waals surface area contributed by atoms with E-state index in [2.05, 4.69) is 79.8 Å². The molecule has 0 bridgehead atoms. The molecule has 1 saturated heterocycles. The number of hydrogen-bond donors (Lipinski definition) is 2. The Morgan fingerprint density at radius 2 is 1.94 bits per heavy atom. The summed E-state index contributed by atoms with van der Waals surface area (Å²) in [6.45, 7) is 15.7. The quantitative estimate of drug-likeness (QED) is 0.297. The molecule has 0 atom stereocenters. The number of halogens is 1. The molecule has 7 heteroatoms. The van der Waals surface area contributed by atoms with Gasteiger partial charge in [0.1, 0.15) is 5.01 Å². The van der Waals surface area contributed by atoms with E-state index in [1.807, 2.05) is 0 Å². The molecule has 1 aromatic carbocycles. The van der Waals surface area contributed by atoms with Gasteiger partial charge in [0.25, 0.3) is 0 Å². The van der Waals surface area contributed by atoms with Gasteiger partial charge in [0.2, 0.25) is 0 Å². The van der Waals surface area contributed by atoms with Crippen molar-refractivity contribution in [3.05, 3.63) is 51.5 Å². The van der Waals surface area contributed by atoms with E-state index in [1.165, 1.54) is 11.1 Å². The van der Waals surface area contributed by atoms with Gasteiger partial charge in [-0.25, -0.2) is 9.98 Å². The molecule has 0 saturated carbocycles. The largest absolute Gasteiger partial charge is 0.357 e. The summed E-state index contributed by atoms with van der Waals surface area (Å²) in [5.74, 6) is 0.905. The zero-order chi connectivity index (χ0) is 21.6. The predicted octanol–water partition coefficient (Wildman–Crippen LogP) is 5.09. The lowest BCUT2D eigenvalue weighted by Gasteiger charge is -2.33. The van der Waals surface area contributed by atoms with E-state index in [-0.39, 0.29) is 29.4 Å². The zero-order valence-corrected chi connectivity index (χ0v) is 22.7. The number of aromatic nitrogens is 1. The molecule has 1 aliphatic heterocycles. The second-order valence-corrected chi connectivity index (χ2v) is 10.1. The van der Waals surface area contributed by atoms with Crippen LogP contribution < -0.4 is 10.6 Å². The van der Waals surface area contributed by atoms with Crippen LogP contribution in [-0.2, 0) is 18.5 Å². The van der Waals surface area contributed by atoms with Gasteiger partial charge in [-0.05, 0) is 37.8 Å². The summed E-state index contributed by atoms with van der Waals surface area (Å²) in [7, 11) is 0. The Labute approximate surface area is 209 Å². The molecule has 0 amide bonds. The van der Waals surface area contributed by atoms with Crippen LogP contribution in [0.2, 0.25) is 0 Å². The lowest BCUT2D eigenvalue weighted by Crippen LogP contribution is -2.48. The van der Waals surface area contributed by atoms with Crippen molar-refractivity contribution in [1.82, 2.24) is 20.5 Å². The highest BCUT2D eigenvalue weighted by molar-refractivity contribution is 14.0. The summed E-state index contributed by atoms with van der Waals surface area (Å²) in [6, 6.07) is 9.18. The Balaban J connectivity index is 0.00000341. The summed E-state index contributed by atoms with van der Waals surface area (Å²) in [5, 5.41) is 10.3. The molecule has 2 heterocycles. The van der Waals surface area contributed by atoms with E-state index in [1.54, 1.807) is 11.3 Å². The highest BCUT2D eigenvalue weighted by atomic mass is 127. The van der Waals surface area contributed by atoms with Gasteiger partial charge in [0, 0.05) is 43.0 Å². The number of likely N-dealkylation sites (tertiary alicyclic amines) is 1. The van der Waals surface area contributed by atoms with Crippen LogP contribution in [0.5, 0.6) is 0 Å². The van der Waals surface area contributed by atoms with Crippen LogP contribution in [0.25, 0.3) is 0 Å². The van der Waals surface area contributed by atoms with Crippen molar-refractivity contribution in [2.45, 2.75) is 72.0 Å². The number of aryl methyl sites for hydroxylation is 1. The monoisotopic (exact) mass is 555 g/mol. The maximum atomic E-state index is 4.80. The topological polar surface area (TPSA) is 52.6 Å². The number of guanidine groups is 1. The average Bonchev–Trinajstić information content (AvgIpc) is 3.19. The van der Waals surface area contributed by atoms with Crippen molar-refractivity contribution in [2.75, 3.05) is 19.6 Å². The lowest BCUT2D eigenvalue weighted by atomic mass is 9.93. The molecule has 1 fully saturated rings. The fraction of sp³-hybridized carbons (Fsp3) is 0.583. The highest BCUT2D eigenvalue weighted by Crippen LogP contribution is 2.24. The van der Waals surface area contributed by atoms with Gasteiger partial charge in [0.05, 0.1) is 12.2 Å². The van der Waals surface area contributed by atoms with Gasteiger partial charge in [-0.15, -0.1) is 35.3 Å². The number of benzene rings is 1. The van der Waals surface area contributed by atoms with Crippen LogP contribution in [0, 0.1) is 6.92 Å². The first kappa shape index (κ1) is 26.1. The van der Waals surface area contributed by atoms with E-state index in [9.17, 15) is 0 Å². The highest BCUT2D eigenvalue weighted by Gasteiger charge is 2.21. The fourth-order valence-electron chi connectivity index (χ4n) is 3.65. The Morgan fingerprint density at radius 3 is 2.55 bits per heavy atom. The van der Waals surface area contributed by atoms with Gasteiger partial charge in [-0.1, -0.05) is 45.0 Å². The third-order valence-corrected chi connectivity index (χ3v) is 6.45. The Hall–Kier alpha value is -1.19. The van der Waals surface area contributed by atoms with E-state index in [0.29, 0.717) is 12.6 Å². The van der Waals surface area contributed by atoms with Crippen LogP contribution >= 0.6 is 35.3 Å². The second-order valence-electron chi connectivity index (χ2n) is 9.19. The summed E-state index contributed by atoms with van der Waals surface area (Å²) in [4.78, 5) is 12.1. The molecule has 1 aliphatic rings. The van der Waals surface area contributed by atoms with Crippen molar-refractivity contribution in [3.63, 3.8) is 0 Å². The predicted molar refractivity (Wildman–Crippen MR) is 144 cm³/mol. The maximum Gasteiger partial charge on any atom is 0.191 e. The minimum atomic E-state index is 0. The summed E-state index contributed by atoms with van der Waals surface area (Å²) in [6.07, 6.45) is 2.28. The molecule has 31 heavy (non-hydrogen) atoms. The molecular formula is C24H38IN5S. The van der Waals surface area contributed by atoms with Crippen LogP contribution in [0.1, 0.15) is 62.4 Å². The third kappa shape index (κ3) is 8.02. The summed E-state index contributed by atoms with van der Waals surface area (Å²) in [5.41, 5.74) is 4.07. The maximum absolute atomic E-state index is 4.80. The Bertz CT molecular complexity index is 834. The van der Waals surface area contributed by atoms with Crippen LogP contribution in [-0.4, -0.2) is 41.5 Å². The number of hydrogen-bond acceptors (Lipinski definition) is 4. The van der Waals surface area contributed by atoms with Gasteiger partial charge in [-0.2, -0.15) is 0 Å². The van der Waals surface area contributed by atoms with Gasteiger partial charge < -0.3 is 10.6 Å². The molecule has 3 rings (SSSR count). The molecule has 1 aromatic heterocycles. The normalized spacial score (nSPS) is 16.1. The smallest absolute Gasteiger partial charge is 0.191 e. The lowest BCUT2D eigenvalue weighted by molar-refractivity contribution is 0.198. The van der Waals surface area contributed by atoms with E-state index >= 15 is 0 Å². The Morgan fingerprint density at radius 1 is 1.23 bits per heavy atom. The molecule has 5 nitrogen and oxygen atoms in total. The van der Waals surface area contributed by atoms with Crippen molar-refractivity contribution in [1.29, 1.82) is 0 Å². The second kappa shape index (κ2) is 12.2. The van der Waals surface area contributed by atoms with Crippen molar-refractivity contribution < 1.29 is 0 Å². The van der Waals surface area contributed by atoms with E-state index < -0.39 is 0 Å². The van der Waals surface area contributed by atoms with Gasteiger partial charge >= 0.3 is 0 Å². The van der Waals surface area contributed by atoms with Gasteiger partial charge in [-0.3, -0.25) is 4.90 Å². The Kier molecular flexibility index (Phi) is 10.2. The average molecular weight is 556 g/mol. The minimum absolute atomic E-state index is 0. The summed E-state index contributed by atoms with van der Waals surface area (Å²) >= 11 is 1.70. The first-order chi connectivity index (χ1) is 14.3. The number of aliphatic imine (C=N–C) groups is 1. The number of nitrogens with one attached hydrogen (secondary N) is 2. The molecule has 0 spiro atoms. The summed E-state index contributed by atoms with van der Waals surface area (Å²) < 4.78 is 0. The minimum Gasteiger partial charge on any atom is -0.357 e.